The lowest BCUT2D eigenvalue weighted by atomic mass is 9.95. The van der Waals surface area contributed by atoms with E-state index >= 15 is 0 Å². The quantitative estimate of drug-likeness (QED) is 0.921. The molecule has 0 bridgehead atoms. The van der Waals surface area contributed by atoms with Gasteiger partial charge in [-0.25, -0.2) is 0 Å². The normalized spacial score (nSPS) is 21.4. The molecule has 0 saturated carbocycles. The molecule has 1 aromatic carbocycles. The molecule has 2 atom stereocenters. The SMILES string of the molecule is COc1c2c(c(OC)c3occc13)OC(C(F)(F)F)CC2O. The van der Waals surface area contributed by atoms with Crippen LogP contribution in [0.5, 0.6) is 17.2 Å². The summed E-state index contributed by atoms with van der Waals surface area (Å²) in [6, 6.07) is 1.58. The Kier molecular flexibility index (Phi) is 3.36. The van der Waals surface area contributed by atoms with Crippen molar-refractivity contribution >= 4 is 11.0 Å². The number of fused-ring (bicyclic) bond motifs is 2. The number of aliphatic hydroxyl groups is 1. The van der Waals surface area contributed by atoms with Crippen molar-refractivity contribution in [1.29, 1.82) is 0 Å². The minimum absolute atomic E-state index is 0.00352. The Labute approximate surface area is 123 Å². The molecule has 0 amide bonds. The predicted molar refractivity (Wildman–Crippen MR) is 69.4 cm³/mol. The average molecular weight is 318 g/mol. The van der Waals surface area contributed by atoms with E-state index in [9.17, 15) is 18.3 Å². The lowest BCUT2D eigenvalue weighted by Crippen LogP contribution is -2.39. The van der Waals surface area contributed by atoms with Gasteiger partial charge < -0.3 is 23.7 Å². The molecule has 1 aliphatic heterocycles. The number of aliphatic hydroxyl groups excluding tert-OH is 1. The molecular weight excluding hydrogens is 305 g/mol. The molecule has 5 nitrogen and oxygen atoms in total. The van der Waals surface area contributed by atoms with E-state index in [1.807, 2.05) is 0 Å². The van der Waals surface area contributed by atoms with Crippen molar-refractivity contribution in [3.05, 3.63) is 17.9 Å². The van der Waals surface area contributed by atoms with Crippen molar-refractivity contribution in [2.24, 2.45) is 0 Å². The molecule has 1 aromatic heterocycles. The van der Waals surface area contributed by atoms with E-state index in [4.69, 9.17) is 18.6 Å². The summed E-state index contributed by atoms with van der Waals surface area (Å²) < 4.78 is 59.5. The molecule has 0 fully saturated rings. The van der Waals surface area contributed by atoms with Crippen LogP contribution in [0.25, 0.3) is 11.0 Å². The van der Waals surface area contributed by atoms with E-state index in [0.717, 1.165) is 0 Å². The highest BCUT2D eigenvalue weighted by molar-refractivity contribution is 5.94. The molecule has 2 heterocycles. The highest BCUT2D eigenvalue weighted by Gasteiger charge is 2.48. The first-order valence-electron chi connectivity index (χ1n) is 6.45. The molecular formula is C14H13F3O5. The number of benzene rings is 1. The maximum absolute atomic E-state index is 12.9. The van der Waals surface area contributed by atoms with Crippen LogP contribution in [0.3, 0.4) is 0 Å². The number of halogens is 3. The molecule has 120 valence electrons. The van der Waals surface area contributed by atoms with Crippen molar-refractivity contribution in [2.75, 3.05) is 14.2 Å². The van der Waals surface area contributed by atoms with Crippen LogP contribution >= 0.6 is 0 Å². The Hall–Kier alpha value is -2.09. The van der Waals surface area contributed by atoms with Gasteiger partial charge in [-0.1, -0.05) is 0 Å². The van der Waals surface area contributed by atoms with Gasteiger partial charge in [-0.15, -0.1) is 0 Å². The van der Waals surface area contributed by atoms with E-state index in [-0.39, 0.29) is 28.4 Å². The van der Waals surface area contributed by atoms with Gasteiger partial charge in [-0.3, -0.25) is 0 Å². The largest absolute Gasteiger partial charge is 0.495 e. The molecule has 2 aromatic rings. The minimum atomic E-state index is -4.60. The summed E-state index contributed by atoms with van der Waals surface area (Å²) in [6.07, 6.45) is -7.37. The molecule has 2 unspecified atom stereocenters. The van der Waals surface area contributed by atoms with Gasteiger partial charge in [0.15, 0.2) is 17.4 Å². The number of hydrogen-bond acceptors (Lipinski definition) is 5. The molecule has 3 rings (SSSR count). The van der Waals surface area contributed by atoms with Crippen LogP contribution < -0.4 is 14.2 Å². The zero-order chi connectivity index (χ0) is 16.1. The van der Waals surface area contributed by atoms with E-state index in [1.165, 1.54) is 20.5 Å². The predicted octanol–water partition coefficient (Wildman–Crippen LogP) is 3.20. The van der Waals surface area contributed by atoms with E-state index in [1.54, 1.807) is 6.07 Å². The van der Waals surface area contributed by atoms with Gasteiger partial charge >= 0.3 is 6.18 Å². The van der Waals surface area contributed by atoms with Gasteiger partial charge in [0.2, 0.25) is 5.75 Å². The topological polar surface area (TPSA) is 61.1 Å². The maximum atomic E-state index is 12.9. The van der Waals surface area contributed by atoms with Crippen LogP contribution in [0.4, 0.5) is 13.2 Å². The van der Waals surface area contributed by atoms with Crippen molar-refractivity contribution in [3.63, 3.8) is 0 Å². The Morgan fingerprint density at radius 1 is 1.23 bits per heavy atom. The van der Waals surface area contributed by atoms with E-state index < -0.39 is 24.8 Å². The monoisotopic (exact) mass is 318 g/mol. The summed E-state index contributed by atoms with van der Waals surface area (Å²) in [6.45, 7) is 0. The third-order valence-corrected chi connectivity index (χ3v) is 3.62. The van der Waals surface area contributed by atoms with E-state index in [2.05, 4.69) is 0 Å². The number of rotatable bonds is 2. The summed E-state index contributed by atoms with van der Waals surface area (Å²) in [5.74, 6) is 0.0133. The third kappa shape index (κ3) is 2.06. The first-order valence-corrected chi connectivity index (χ1v) is 6.45. The van der Waals surface area contributed by atoms with Crippen LogP contribution in [0.1, 0.15) is 18.1 Å². The molecule has 0 saturated heterocycles. The Morgan fingerprint density at radius 2 is 1.91 bits per heavy atom. The fraction of sp³-hybridized carbons (Fsp3) is 0.429. The van der Waals surface area contributed by atoms with Gasteiger partial charge in [0.05, 0.1) is 37.5 Å². The first kappa shape index (κ1) is 14.8. The van der Waals surface area contributed by atoms with Crippen LogP contribution in [0, 0.1) is 0 Å². The molecule has 0 spiro atoms. The summed E-state index contributed by atoms with van der Waals surface area (Å²) in [5, 5.41) is 10.7. The number of ether oxygens (including phenoxy) is 3. The lowest BCUT2D eigenvalue weighted by Gasteiger charge is -2.32. The molecule has 0 aliphatic carbocycles. The average Bonchev–Trinajstić information content (AvgIpc) is 2.92. The molecule has 22 heavy (non-hydrogen) atoms. The first-order chi connectivity index (χ1) is 10.4. The third-order valence-electron chi connectivity index (χ3n) is 3.62. The van der Waals surface area contributed by atoms with Gasteiger partial charge in [0, 0.05) is 6.42 Å². The van der Waals surface area contributed by atoms with Gasteiger partial charge in [0.25, 0.3) is 0 Å². The van der Waals surface area contributed by atoms with Crippen LogP contribution in [0.15, 0.2) is 16.7 Å². The minimum Gasteiger partial charge on any atom is -0.495 e. The number of methoxy groups -OCH3 is 2. The summed E-state index contributed by atoms with van der Waals surface area (Å²) >= 11 is 0. The fourth-order valence-electron chi connectivity index (χ4n) is 2.67. The molecule has 0 radical (unpaired) electrons. The maximum Gasteiger partial charge on any atom is 0.425 e. The Bertz CT molecular complexity index is 707. The van der Waals surface area contributed by atoms with Crippen molar-refractivity contribution in [1.82, 2.24) is 0 Å². The Balaban J connectivity index is 2.28. The summed E-state index contributed by atoms with van der Waals surface area (Å²) in [5.41, 5.74) is 0.335. The van der Waals surface area contributed by atoms with Gasteiger partial charge in [0.1, 0.15) is 5.75 Å². The number of alkyl halides is 3. The van der Waals surface area contributed by atoms with Crippen LogP contribution in [0.2, 0.25) is 0 Å². The highest BCUT2D eigenvalue weighted by Crippen LogP contribution is 2.53. The molecule has 8 heteroatoms. The van der Waals surface area contributed by atoms with Crippen LogP contribution in [-0.4, -0.2) is 31.6 Å². The second-order valence-electron chi connectivity index (χ2n) is 4.87. The van der Waals surface area contributed by atoms with Gasteiger partial charge in [-0.05, 0) is 6.07 Å². The zero-order valence-electron chi connectivity index (χ0n) is 11.7. The number of hydrogen-bond donors (Lipinski definition) is 1. The summed E-state index contributed by atoms with van der Waals surface area (Å²) in [7, 11) is 2.65. The smallest absolute Gasteiger partial charge is 0.425 e. The molecule has 1 aliphatic rings. The summed E-state index contributed by atoms with van der Waals surface area (Å²) in [4.78, 5) is 0. The second-order valence-corrected chi connectivity index (χ2v) is 4.87. The molecule has 1 N–H and O–H groups in total. The van der Waals surface area contributed by atoms with Crippen molar-refractivity contribution < 1.29 is 36.9 Å². The highest BCUT2D eigenvalue weighted by atomic mass is 19.4. The van der Waals surface area contributed by atoms with Crippen molar-refractivity contribution in [3.8, 4) is 17.2 Å². The second kappa shape index (κ2) is 4.98. The number of furan rings is 1. The van der Waals surface area contributed by atoms with Gasteiger partial charge in [-0.2, -0.15) is 13.2 Å². The fourth-order valence-corrected chi connectivity index (χ4v) is 2.67. The van der Waals surface area contributed by atoms with Crippen molar-refractivity contribution in [2.45, 2.75) is 24.8 Å². The van der Waals surface area contributed by atoms with Crippen LogP contribution in [-0.2, 0) is 0 Å². The van der Waals surface area contributed by atoms with E-state index in [0.29, 0.717) is 5.39 Å². The standard InChI is InChI=1S/C14H13F3O5/c1-19-10-6-3-4-21-11(6)13(20-2)12-9(10)7(18)5-8(22-12)14(15,16)17/h3-4,7-8,18H,5H2,1-2H3. The lowest BCUT2D eigenvalue weighted by molar-refractivity contribution is -0.207. The zero-order valence-corrected chi connectivity index (χ0v) is 11.7. The Morgan fingerprint density at radius 3 is 2.50 bits per heavy atom.